The second kappa shape index (κ2) is 7.58. The van der Waals surface area contributed by atoms with Gasteiger partial charge in [0.2, 0.25) is 5.91 Å². The smallest absolute Gasteiger partial charge is 0.279 e. The maximum absolute atomic E-state index is 12.8. The zero-order valence-electron chi connectivity index (χ0n) is 13.6. The summed E-state index contributed by atoms with van der Waals surface area (Å²) in [5, 5.41) is 3.76. The summed E-state index contributed by atoms with van der Waals surface area (Å²) >= 11 is 0. The lowest BCUT2D eigenvalue weighted by atomic mass is 10.1. The molecule has 0 fully saturated rings. The summed E-state index contributed by atoms with van der Waals surface area (Å²) in [6.07, 6.45) is -0.830. The van der Waals surface area contributed by atoms with Gasteiger partial charge < -0.3 is 9.26 Å². The second-order valence-electron chi connectivity index (χ2n) is 5.23. The van der Waals surface area contributed by atoms with Crippen LogP contribution in [-0.4, -0.2) is 23.1 Å². The average Bonchev–Trinajstić information content (AvgIpc) is 2.86. The standard InChI is InChI=1S/C16H18FN3O4/c1-9-14(10(2)24-20-9)8-15(21)18-19-16(22)11(3)23-13-6-4-12(17)5-7-13/h4-7,11H,8H2,1-3H3,(H,18,21)(H,19,22)/t11-/m0/s1. The minimum atomic E-state index is -0.866. The predicted octanol–water partition coefficient (Wildman–Crippen LogP) is 1.59. The van der Waals surface area contributed by atoms with Crippen molar-refractivity contribution in [1.82, 2.24) is 16.0 Å². The second-order valence-corrected chi connectivity index (χ2v) is 5.23. The summed E-state index contributed by atoms with van der Waals surface area (Å²) in [7, 11) is 0. The SMILES string of the molecule is Cc1noc(C)c1CC(=O)NNC(=O)[C@H](C)Oc1ccc(F)cc1. The zero-order valence-corrected chi connectivity index (χ0v) is 13.6. The Morgan fingerprint density at radius 1 is 1.25 bits per heavy atom. The van der Waals surface area contributed by atoms with Gasteiger partial charge in [-0.3, -0.25) is 20.4 Å². The Balaban J connectivity index is 1.81. The van der Waals surface area contributed by atoms with Crippen LogP contribution in [0, 0.1) is 19.7 Å². The molecule has 128 valence electrons. The molecule has 2 N–H and O–H groups in total. The van der Waals surface area contributed by atoms with Crippen LogP contribution in [0.3, 0.4) is 0 Å². The number of ether oxygens (including phenoxy) is 1. The lowest BCUT2D eigenvalue weighted by molar-refractivity contribution is -0.132. The van der Waals surface area contributed by atoms with E-state index in [0.29, 0.717) is 22.8 Å². The van der Waals surface area contributed by atoms with Gasteiger partial charge in [0, 0.05) is 5.56 Å². The Bertz CT molecular complexity index is 708. The first-order valence-electron chi connectivity index (χ1n) is 7.29. The molecular weight excluding hydrogens is 317 g/mol. The van der Waals surface area contributed by atoms with E-state index in [0.717, 1.165) is 0 Å². The van der Waals surface area contributed by atoms with E-state index in [1.807, 2.05) is 0 Å². The molecule has 2 aromatic rings. The van der Waals surface area contributed by atoms with Crippen molar-refractivity contribution in [2.45, 2.75) is 33.3 Å². The van der Waals surface area contributed by atoms with Gasteiger partial charge in [-0.05, 0) is 45.0 Å². The summed E-state index contributed by atoms with van der Waals surface area (Å²) in [5.41, 5.74) is 5.88. The first-order valence-corrected chi connectivity index (χ1v) is 7.29. The Hall–Kier alpha value is -2.90. The number of aryl methyl sites for hydroxylation is 2. The van der Waals surface area contributed by atoms with Crippen LogP contribution < -0.4 is 15.6 Å². The van der Waals surface area contributed by atoms with Crippen molar-refractivity contribution in [2.24, 2.45) is 0 Å². The van der Waals surface area contributed by atoms with Crippen molar-refractivity contribution in [2.75, 3.05) is 0 Å². The number of carbonyl (C=O) groups excluding carboxylic acids is 2. The van der Waals surface area contributed by atoms with Crippen LogP contribution in [-0.2, 0) is 16.0 Å². The van der Waals surface area contributed by atoms with Gasteiger partial charge in [0.1, 0.15) is 17.3 Å². The van der Waals surface area contributed by atoms with Gasteiger partial charge in [0.15, 0.2) is 6.10 Å². The lowest BCUT2D eigenvalue weighted by Gasteiger charge is -2.15. The van der Waals surface area contributed by atoms with Gasteiger partial charge in [-0.2, -0.15) is 0 Å². The summed E-state index contributed by atoms with van der Waals surface area (Å²) in [4.78, 5) is 23.8. The van der Waals surface area contributed by atoms with Gasteiger partial charge in [-0.15, -0.1) is 0 Å². The van der Waals surface area contributed by atoms with Crippen molar-refractivity contribution in [3.05, 3.63) is 47.1 Å². The predicted molar refractivity (Wildman–Crippen MR) is 82.5 cm³/mol. The number of amides is 2. The summed E-state index contributed by atoms with van der Waals surface area (Å²) in [5.74, 6) is -0.438. The molecule has 0 radical (unpaired) electrons. The third-order valence-electron chi connectivity index (χ3n) is 3.34. The fourth-order valence-electron chi connectivity index (χ4n) is 1.96. The van der Waals surface area contributed by atoms with E-state index in [2.05, 4.69) is 16.0 Å². The molecule has 1 aromatic heterocycles. The van der Waals surface area contributed by atoms with Crippen LogP contribution in [0.4, 0.5) is 4.39 Å². The minimum Gasteiger partial charge on any atom is -0.481 e. The molecular formula is C16H18FN3O4. The monoisotopic (exact) mass is 335 g/mol. The maximum Gasteiger partial charge on any atom is 0.279 e. The van der Waals surface area contributed by atoms with Crippen molar-refractivity contribution >= 4 is 11.8 Å². The third kappa shape index (κ3) is 4.55. The number of aromatic nitrogens is 1. The van der Waals surface area contributed by atoms with E-state index >= 15 is 0 Å². The van der Waals surface area contributed by atoms with Crippen LogP contribution >= 0.6 is 0 Å². The summed E-state index contributed by atoms with van der Waals surface area (Å²) in [6.45, 7) is 4.95. The van der Waals surface area contributed by atoms with Crippen molar-refractivity contribution in [3.8, 4) is 5.75 Å². The number of hydrogen-bond acceptors (Lipinski definition) is 5. The van der Waals surface area contributed by atoms with Crippen molar-refractivity contribution in [3.63, 3.8) is 0 Å². The summed E-state index contributed by atoms with van der Waals surface area (Å²) < 4.78 is 23.1. The van der Waals surface area contributed by atoms with E-state index in [4.69, 9.17) is 9.26 Å². The Morgan fingerprint density at radius 2 is 1.92 bits per heavy atom. The molecule has 2 rings (SSSR count). The first-order chi connectivity index (χ1) is 11.4. The normalized spacial score (nSPS) is 11.7. The van der Waals surface area contributed by atoms with Gasteiger partial charge in [-0.25, -0.2) is 4.39 Å². The lowest BCUT2D eigenvalue weighted by Crippen LogP contribution is -2.47. The molecule has 7 nitrogen and oxygen atoms in total. The fraction of sp³-hybridized carbons (Fsp3) is 0.312. The van der Waals surface area contributed by atoms with E-state index in [1.165, 1.54) is 31.2 Å². The molecule has 0 unspecified atom stereocenters. The molecule has 1 atom stereocenters. The van der Waals surface area contributed by atoms with E-state index < -0.39 is 23.7 Å². The van der Waals surface area contributed by atoms with Crippen LogP contribution in [0.2, 0.25) is 0 Å². The number of hydrazine groups is 1. The van der Waals surface area contributed by atoms with Crippen LogP contribution in [0.15, 0.2) is 28.8 Å². The van der Waals surface area contributed by atoms with Crippen LogP contribution in [0.25, 0.3) is 0 Å². The molecule has 24 heavy (non-hydrogen) atoms. The van der Waals surface area contributed by atoms with Gasteiger partial charge in [0.05, 0.1) is 12.1 Å². The fourth-order valence-corrected chi connectivity index (χ4v) is 1.96. The molecule has 1 heterocycles. The first kappa shape index (κ1) is 17.5. The van der Waals surface area contributed by atoms with E-state index in [9.17, 15) is 14.0 Å². The number of nitrogens with zero attached hydrogens (tertiary/aromatic N) is 1. The molecule has 0 aliphatic carbocycles. The number of halogens is 1. The molecule has 2 amide bonds. The number of hydrogen-bond donors (Lipinski definition) is 2. The molecule has 1 aromatic carbocycles. The molecule has 0 saturated carbocycles. The summed E-state index contributed by atoms with van der Waals surface area (Å²) in [6, 6.07) is 5.28. The molecule has 0 spiro atoms. The number of nitrogens with one attached hydrogen (secondary N) is 2. The highest BCUT2D eigenvalue weighted by atomic mass is 19.1. The number of rotatable bonds is 5. The number of carbonyl (C=O) groups is 2. The van der Waals surface area contributed by atoms with Crippen molar-refractivity contribution < 1.29 is 23.2 Å². The van der Waals surface area contributed by atoms with E-state index in [-0.39, 0.29) is 6.42 Å². The third-order valence-corrected chi connectivity index (χ3v) is 3.34. The maximum atomic E-state index is 12.8. The molecule has 0 saturated heterocycles. The topological polar surface area (TPSA) is 93.5 Å². The zero-order chi connectivity index (χ0) is 17.7. The highest BCUT2D eigenvalue weighted by molar-refractivity contribution is 5.85. The molecule has 0 aliphatic heterocycles. The number of benzene rings is 1. The van der Waals surface area contributed by atoms with Crippen LogP contribution in [0.5, 0.6) is 5.75 Å². The average molecular weight is 335 g/mol. The molecule has 8 heteroatoms. The van der Waals surface area contributed by atoms with Crippen molar-refractivity contribution in [1.29, 1.82) is 0 Å². The molecule has 0 bridgehead atoms. The largest absolute Gasteiger partial charge is 0.481 e. The highest BCUT2D eigenvalue weighted by Gasteiger charge is 2.17. The Morgan fingerprint density at radius 3 is 2.50 bits per heavy atom. The Labute approximate surface area is 138 Å². The van der Waals surface area contributed by atoms with E-state index in [1.54, 1.807) is 13.8 Å². The highest BCUT2D eigenvalue weighted by Crippen LogP contribution is 2.13. The van der Waals surface area contributed by atoms with Gasteiger partial charge in [0.25, 0.3) is 5.91 Å². The molecule has 0 aliphatic rings. The van der Waals surface area contributed by atoms with Crippen LogP contribution in [0.1, 0.15) is 23.9 Å². The Kier molecular flexibility index (Phi) is 5.51. The minimum absolute atomic E-state index is 0.0364. The quantitative estimate of drug-likeness (QED) is 0.809. The van der Waals surface area contributed by atoms with Gasteiger partial charge in [-0.1, -0.05) is 5.16 Å². The van der Waals surface area contributed by atoms with Gasteiger partial charge >= 0.3 is 0 Å².